The molecule has 0 saturated carbocycles. The molecular weight excluding hydrogens is 359 g/mol. The maximum absolute atomic E-state index is 13.5. The van der Waals surface area contributed by atoms with Crippen molar-refractivity contribution in [3.63, 3.8) is 0 Å². The molecule has 0 radical (unpaired) electrons. The zero-order chi connectivity index (χ0) is 18.2. The number of anilines is 1. The van der Waals surface area contributed by atoms with Crippen molar-refractivity contribution in [1.82, 2.24) is 9.78 Å². The average molecular weight is 374 g/mol. The Kier molecular flexibility index (Phi) is 4.64. The summed E-state index contributed by atoms with van der Waals surface area (Å²) in [6.45, 7) is 1.74. The normalized spacial score (nSPS) is 19.9. The predicted octanol–water partition coefficient (Wildman–Crippen LogP) is 4.37. The summed E-state index contributed by atoms with van der Waals surface area (Å²) in [6.07, 6.45) is -3.65. The average Bonchev–Trinajstić information content (AvgIpc) is 2.97. The number of nitrogens with one attached hydrogen (secondary N) is 1. The van der Waals surface area contributed by atoms with Gasteiger partial charge in [-0.25, -0.2) is 9.48 Å². The Labute approximate surface area is 146 Å². The van der Waals surface area contributed by atoms with Crippen molar-refractivity contribution in [3.8, 4) is 0 Å². The van der Waals surface area contributed by atoms with Crippen LogP contribution in [-0.2, 0) is 4.74 Å². The van der Waals surface area contributed by atoms with E-state index in [0.717, 1.165) is 10.9 Å². The molecule has 0 saturated heterocycles. The molecule has 2 heterocycles. The van der Waals surface area contributed by atoms with E-state index in [1.807, 2.05) is 0 Å². The van der Waals surface area contributed by atoms with Crippen LogP contribution in [0.25, 0.3) is 0 Å². The fourth-order valence-corrected chi connectivity index (χ4v) is 2.96. The van der Waals surface area contributed by atoms with Crippen molar-refractivity contribution >= 4 is 23.4 Å². The number of halogens is 4. The molecule has 3 rings (SSSR count). The summed E-state index contributed by atoms with van der Waals surface area (Å²) in [5.74, 6) is -0.707. The van der Waals surface area contributed by atoms with Gasteiger partial charge in [0.25, 0.3) is 0 Å². The predicted molar refractivity (Wildman–Crippen MR) is 85.7 cm³/mol. The Hall–Kier alpha value is -2.22. The van der Waals surface area contributed by atoms with Crippen LogP contribution in [0.3, 0.4) is 0 Å². The molecule has 2 aromatic rings. The van der Waals surface area contributed by atoms with Crippen molar-refractivity contribution in [3.05, 3.63) is 46.6 Å². The molecule has 0 amide bonds. The minimum Gasteiger partial charge on any atom is -0.462 e. The highest BCUT2D eigenvalue weighted by molar-refractivity contribution is 6.30. The zero-order valence-electron chi connectivity index (χ0n) is 13.2. The molecule has 1 aliphatic rings. The molecule has 25 heavy (non-hydrogen) atoms. The molecule has 0 fully saturated rings. The van der Waals surface area contributed by atoms with E-state index in [9.17, 15) is 18.0 Å². The number of carbonyl (C=O) groups excluding carboxylic acids is 1. The van der Waals surface area contributed by atoms with Crippen LogP contribution in [0, 0.1) is 0 Å². The van der Waals surface area contributed by atoms with Crippen molar-refractivity contribution in [1.29, 1.82) is 0 Å². The zero-order valence-corrected chi connectivity index (χ0v) is 13.9. The van der Waals surface area contributed by atoms with Gasteiger partial charge in [0.2, 0.25) is 0 Å². The summed E-state index contributed by atoms with van der Waals surface area (Å²) in [6, 6.07) is 4.06. The third-order valence-electron chi connectivity index (χ3n) is 4.01. The third kappa shape index (κ3) is 3.44. The molecule has 5 nitrogen and oxygen atoms in total. The van der Waals surface area contributed by atoms with E-state index in [2.05, 4.69) is 10.4 Å². The van der Waals surface area contributed by atoms with Gasteiger partial charge < -0.3 is 10.1 Å². The van der Waals surface area contributed by atoms with E-state index < -0.39 is 24.2 Å². The number of esters is 1. The van der Waals surface area contributed by atoms with E-state index in [0.29, 0.717) is 10.6 Å². The topological polar surface area (TPSA) is 56.1 Å². The highest BCUT2D eigenvalue weighted by atomic mass is 35.5. The molecule has 9 heteroatoms. The quantitative estimate of drug-likeness (QED) is 0.811. The molecule has 2 atom stereocenters. The van der Waals surface area contributed by atoms with Gasteiger partial charge in [0.1, 0.15) is 11.4 Å². The second kappa shape index (κ2) is 6.59. The van der Waals surface area contributed by atoms with Crippen molar-refractivity contribution in [2.24, 2.45) is 0 Å². The number of alkyl halides is 3. The summed E-state index contributed by atoms with van der Waals surface area (Å²) >= 11 is 5.84. The van der Waals surface area contributed by atoms with Crippen LogP contribution in [0.2, 0.25) is 5.02 Å². The van der Waals surface area contributed by atoms with Crippen molar-refractivity contribution in [2.75, 3.05) is 11.9 Å². The van der Waals surface area contributed by atoms with Gasteiger partial charge >= 0.3 is 12.1 Å². The summed E-state index contributed by atoms with van der Waals surface area (Å²) in [5, 5.41) is 7.23. The van der Waals surface area contributed by atoms with Crippen molar-refractivity contribution in [2.45, 2.75) is 31.6 Å². The standard InChI is InChI=1S/C16H15ClF3N3O2/c1-2-25-15(24)11-8-21-23-13(16(18,19)20)7-12(22-14(11)23)9-3-5-10(17)6-4-9/h3-6,8,12-13,22H,2,7H2,1H3/t12-,13-/m0/s1. The summed E-state index contributed by atoms with van der Waals surface area (Å²) in [7, 11) is 0. The molecule has 0 unspecified atom stereocenters. The first-order chi connectivity index (χ1) is 11.8. The first-order valence-corrected chi connectivity index (χ1v) is 8.02. The first kappa shape index (κ1) is 17.6. The number of hydrogen-bond acceptors (Lipinski definition) is 4. The van der Waals surface area contributed by atoms with Crippen LogP contribution in [-0.4, -0.2) is 28.5 Å². The molecule has 0 aliphatic carbocycles. The van der Waals surface area contributed by atoms with Crippen LogP contribution in [0.4, 0.5) is 19.0 Å². The van der Waals surface area contributed by atoms with E-state index in [4.69, 9.17) is 16.3 Å². The third-order valence-corrected chi connectivity index (χ3v) is 4.26. The monoisotopic (exact) mass is 373 g/mol. The van der Waals surface area contributed by atoms with Crippen LogP contribution in [0.1, 0.15) is 41.3 Å². The molecule has 134 valence electrons. The van der Waals surface area contributed by atoms with Gasteiger partial charge in [-0.15, -0.1) is 0 Å². The van der Waals surface area contributed by atoms with Gasteiger partial charge in [0.05, 0.1) is 18.8 Å². The summed E-state index contributed by atoms with van der Waals surface area (Å²) in [4.78, 5) is 12.0. The van der Waals surface area contributed by atoms with Crippen LogP contribution in [0.5, 0.6) is 0 Å². The highest BCUT2D eigenvalue weighted by Gasteiger charge is 2.47. The van der Waals surface area contributed by atoms with Crippen molar-refractivity contribution < 1.29 is 22.7 Å². The Morgan fingerprint density at radius 2 is 2.08 bits per heavy atom. The van der Waals surface area contributed by atoms with E-state index >= 15 is 0 Å². The number of aromatic nitrogens is 2. The van der Waals surface area contributed by atoms with Crippen LogP contribution < -0.4 is 5.32 Å². The van der Waals surface area contributed by atoms with Gasteiger partial charge in [-0.05, 0) is 24.6 Å². The van der Waals surface area contributed by atoms with Crippen LogP contribution >= 0.6 is 11.6 Å². The van der Waals surface area contributed by atoms with Gasteiger partial charge in [-0.3, -0.25) is 0 Å². The van der Waals surface area contributed by atoms with Gasteiger partial charge in [-0.1, -0.05) is 23.7 Å². The molecule has 0 bridgehead atoms. The second-order valence-corrected chi connectivity index (χ2v) is 6.05. The lowest BCUT2D eigenvalue weighted by Crippen LogP contribution is -2.36. The Bertz CT molecular complexity index is 774. The number of ether oxygens (including phenoxy) is 1. The smallest absolute Gasteiger partial charge is 0.410 e. The SMILES string of the molecule is CCOC(=O)c1cnn2c1N[C@H](c1ccc(Cl)cc1)C[C@H]2C(F)(F)F. The molecular formula is C16H15ClF3N3O2. The maximum atomic E-state index is 13.5. The Morgan fingerprint density at radius 3 is 2.68 bits per heavy atom. The van der Waals surface area contributed by atoms with Gasteiger partial charge in [-0.2, -0.15) is 18.3 Å². The largest absolute Gasteiger partial charge is 0.462 e. The van der Waals surface area contributed by atoms with E-state index in [1.165, 1.54) is 0 Å². The molecule has 1 aromatic heterocycles. The first-order valence-electron chi connectivity index (χ1n) is 7.64. The Balaban J connectivity index is 2.02. The van der Waals surface area contributed by atoms with Gasteiger partial charge in [0.15, 0.2) is 6.04 Å². The maximum Gasteiger partial charge on any atom is 0.410 e. The Morgan fingerprint density at radius 1 is 1.40 bits per heavy atom. The minimum absolute atomic E-state index is 0.00646. The molecule has 0 spiro atoms. The van der Waals surface area contributed by atoms with Crippen LogP contribution in [0.15, 0.2) is 30.5 Å². The van der Waals surface area contributed by atoms with Gasteiger partial charge in [0, 0.05) is 11.4 Å². The number of benzene rings is 1. The molecule has 1 aliphatic heterocycles. The lowest BCUT2D eigenvalue weighted by molar-refractivity contribution is -0.173. The summed E-state index contributed by atoms with van der Waals surface area (Å²) in [5.41, 5.74) is 0.621. The minimum atomic E-state index is -4.50. The van der Waals surface area contributed by atoms with E-state index in [1.54, 1.807) is 31.2 Å². The fourth-order valence-electron chi connectivity index (χ4n) is 2.83. The lowest BCUT2D eigenvalue weighted by Gasteiger charge is -2.34. The second-order valence-electron chi connectivity index (χ2n) is 5.61. The number of rotatable bonds is 3. The fraction of sp³-hybridized carbons (Fsp3) is 0.375. The van der Waals surface area contributed by atoms with E-state index in [-0.39, 0.29) is 24.4 Å². The lowest BCUT2D eigenvalue weighted by atomic mass is 9.96. The number of hydrogen-bond donors (Lipinski definition) is 1. The molecule has 1 N–H and O–H groups in total. The molecule has 1 aromatic carbocycles. The number of nitrogens with zero attached hydrogens (tertiary/aromatic N) is 2. The number of carbonyl (C=O) groups is 1. The summed E-state index contributed by atoms with van der Waals surface area (Å²) < 4.78 is 46.2. The number of fused-ring (bicyclic) bond motifs is 1. The highest BCUT2D eigenvalue weighted by Crippen LogP contribution is 2.44.